The molecular weight excluding hydrogens is 661 g/mol. The molecule has 0 N–H and O–H groups in total. The van der Waals surface area contributed by atoms with Crippen LogP contribution < -0.4 is 9.80 Å². The second kappa shape index (κ2) is 13.1. The quantitative estimate of drug-likeness (QED) is 0.153. The molecule has 1 heterocycles. The van der Waals surface area contributed by atoms with Crippen molar-refractivity contribution in [1.82, 2.24) is 0 Å². The number of benzene rings is 9. The third-order valence-electron chi connectivity index (χ3n) is 10.2. The molecule has 3 heteroatoms. The minimum absolute atomic E-state index is 1.08. The van der Waals surface area contributed by atoms with E-state index in [2.05, 4.69) is 216 Å². The molecule has 1 aromatic heterocycles. The summed E-state index contributed by atoms with van der Waals surface area (Å²) in [7, 11) is 0. The Morgan fingerprint density at radius 1 is 0.264 bits per heavy atom. The Bertz CT molecular complexity index is 2840. The molecule has 0 fully saturated rings. The smallest absolute Gasteiger partial charge is 0.0482 e. The molecule has 0 saturated carbocycles. The van der Waals surface area contributed by atoms with Gasteiger partial charge in [0, 0.05) is 54.3 Å². The number of para-hydroxylation sites is 2. The molecule has 0 atom stereocenters. The molecule has 0 unspecified atom stereocenters. The van der Waals surface area contributed by atoms with Crippen LogP contribution in [0.25, 0.3) is 52.8 Å². The van der Waals surface area contributed by atoms with E-state index in [-0.39, 0.29) is 0 Å². The van der Waals surface area contributed by atoms with E-state index in [9.17, 15) is 0 Å². The first-order valence-corrected chi connectivity index (χ1v) is 18.8. The van der Waals surface area contributed by atoms with Crippen LogP contribution in [0.2, 0.25) is 0 Å². The first-order chi connectivity index (χ1) is 26.3. The topological polar surface area (TPSA) is 6.48 Å². The molecule has 0 aliphatic heterocycles. The largest absolute Gasteiger partial charge is 0.310 e. The summed E-state index contributed by atoms with van der Waals surface area (Å²) in [6.45, 7) is 0. The fourth-order valence-electron chi connectivity index (χ4n) is 7.66. The van der Waals surface area contributed by atoms with Crippen molar-refractivity contribution in [3.63, 3.8) is 0 Å². The molecule has 0 spiro atoms. The van der Waals surface area contributed by atoms with Crippen molar-refractivity contribution in [2.45, 2.75) is 0 Å². The number of thiophene rings is 1. The van der Waals surface area contributed by atoms with Crippen molar-refractivity contribution in [3.8, 4) is 11.1 Å². The van der Waals surface area contributed by atoms with Crippen LogP contribution in [0.3, 0.4) is 0 Å². The lowest BCUT2D eigenvalue weighted by Crippen LogP contribution is -2.13. The number of hydrogen-bond donors (Lipinski definition) is 0. The summed E-state index contributed by atoms with van der Waals surface area (Å²) >= 11 is 1.88. The van der Waals surface area contributed by atoms with Crippen molar-refractivity contribution >= 4 is 87.2 Å². The first-order valence-electron chi connectivity index (χ1n) is 18.0. The fourth-order valence-corrected chi connectivity index (χ4v) is 8.79. The predicted octanol–water partition coefficient (Wildman–Crippen LogP) is 15.0. The highest BCUT2D eigenvalue weighted by Crippen LogP contribution is 2.43. The van der Waals surface area contributed by atoms with Gasteiger partial charge in [0.15, 0.2) is 0 Å². The molecule has 9 aromatic carbocycles. The number of nitrogens with zero attached hydrogens (tertiary/aromatic N) is 2. The second-order valence-corrected chi connectivity index (χ2v) is 14.5. The summed E-state index contributed by atoms with van der Waals surface area (Å²) in [6.07, 6.45) is 0. The standard InChI is InChI=1S/C50H34N2S/c1-4-13-35(14-5-1)36-25-27-41(28-26-36)52(43-20-12-19-42(33-43)51(39-15-6-2-7-16-39)40-17-8-3-9-18-40)44-29-30-45-37(31-44)23-24-38-32-48-46-21-10-11-22-49(46)53-50(48)34-47(38)45/h1-34H. The van der Waals surface area contributed by atoms with Gasteiger partial charge in [0.2, 0.25) is 0 Å². The number of fused-ring (bicyclic) bond motifs is 6. The van der Waals surface area contributed by atoms with Crippen LogP contribution in [-0.4, -0.2) is 0 Å². The van der Waals surface area contributed by atoms with Crippen LogP contribution in [0.4, 0.5) is 34.1 Å². The van der Waals surface area contributed by atoms with Gasteiger partial charge in [0.05, 0.1) is 0 Å². The van der Waals surface area contributed by atoms with Crippen molar-refractivity contribution in [2.24, 2.45) is 0 Å². The molecule has 0 saturated heterocycles. The molecule has 0 bridgehead atoms. The molecule has 53 heavy (non-hydrogen) atoms. The summed E-state index contributed by atoms with van der Waals surface area (Å²) in [5, 5.41) is 7.70. The van der Waals surface area contributed by atoms with Crippen LogP contribution in [0.15, 0.2) is 206 Å². The Labute approximate surface area is 313 Å². The van der Waals surface area contributed by atoms with Gasteiger partial charge < -0.3 is 9.80 Å². The van der Waals surface area contributed by atoms with E-state index in [0.29, 0.717) is 0 Å². The van der Waals surface area contributed by atoms with Gasteiger partial charge in [-0.15, -0.1) is 11.3 Å². The zero-order valence-corrected chi connectivity index (χ0v) is 29.7. The summed E-state index contributed by atoms with van der Waals surface area (Å²) in [4.78, 5) is 4.70. The third-order valence-corrected chi connectivity index (χ3v) is 11.3. The summed E-state index contributed by atoms with van der Waals surface area (Å²) < 4.78 is 2.66. The van der Waals surface area contributed by atoms with Gasteiger partial charge in [0.25, 0.3) is 0 Å². The van der Waals surface area contributed by atoms with Crippen LogP contribution in [-0.2, 0) is 0 Å². The highest BCUT2D eigenvalue weighted by atomic mass is 32.1. The van der Waals surface area contributed by atoms with Crippen LogP contribution in [0, 0.1) is 0 Å². The van der Waals surface area contributed by atoms with Crippen molar-refractivity contribution < 1.29 is 0 Å². The van der Waals surface area contributed by atoms with E-state index in [1.54, 1.807) is 0 Å². The Hall–Kier alpha value is -6.68. The van der Waals surface area contributed by atoms with Gasteiger partial charge in [-0.05, 0) is 118 Å². The molecular formula is C50H34N2S. The third kappa shape index (κ3) is 5.68. The van der Waals surface area contributed by atoms with Crippen LogP contribution in [0.5, 0.6) is 0 Å². The van der Waals surface area contributed by atoms with E-state index in [1.807, 2.05) is 11.3 Å². The Morgan fingerprint density at radius 3 is 1.47 bits per heavy atom. The highest BCUT2D eigenvalue weighted by molar-refractivity contribution is 7.25. The maximum atomic E-state index is 2.39. The Morgan fingerprint density at radius 2 is 0.774 bits per heavy atom. The van der Waals surface area contributed by atoms with E-state index in [4.69, 9.17) is 0 Å². The average molecular weight is 695 g/mol. The lowest BCUT2D eigenvalue weighted by molar-refractivity contribution is 1.25. The lowest BCUT2D eigenvalue weighted by atomic mass is 9.99. The van der Waals surface area contributed by atoms with Crippen molar-refractivity contribution in [2.75, 3.05) is 9.80 Å². The SMILES string of the molecule is c1ccc(-c2ccc(N(c3cccc(N(c4ccccc4)c4ccccc4)c3)c3ccc4c(ccc5cc6c(cc54)sc4ccccc46)c3)cc2)cc1. The van der Waals surface area contributed by atoms with E-state index < -0.39 is 0 Å². The average Bonchev–Trinajstić information content (AvgIpc) is 3.59. The molecule has 2 nitrogen and oxygen atoms in total. The number of rotatable bonds is 7. The predicted molar refractivity (Wildman–Crippen MR) is 229 cm³/mol. The summed E-state index contributed by atoms with van der Waals surface area (Å²) in [6, 6.07) is 74.6. The maximum Gasteiger partial charge on any atom is 0.0482 e. The van der Waals surface area contributed by atoms with Crippen LogP contribution in [0.1, 0.15) is 0 Å². The molecule has 10 rings (SSSR count). The summed E-state index contributed by atoms with van der Waals surface area (Å²) in [5.74, 6) is 0. The fraction of sp³-hybridized carbons (Fsp3) is 0. The molecule has 250 valence electrons. The molecule has 0 radical (unpaired) electrons. The van der Waals surface area contributed by atoms with E-state index >= 15 is 0 Å². The van der Waals surface area contributed by atoms with Crippen LogP contribution >= 0.6 is 11.3 Å². The van der Waals surface area contributed by atoms with E-state index in [0.717, 1.165) is 34.1 Å². The van der Waals surface area contributed by atoms with Gasteiger partial charge in [-0.1, -0.05) is 121 Å². The normalized spacial score (nSPS) is 11.4. The van der Waals surface area contributed by atoms with Gasteiger partial charge >= 0.3 is 0 Å². The van der Waals surface area contributed by atoms with Gasteiger partial charge in [-0.3, -0.25) is 0 Å². The Balaban J connectivity index is 1.13. The Kier molecular flexibility index (Phi) is 7.71. The monoisotopic (exact) mass is 694 g/mol. The van der Waals surface area contributed by atoms with Crippen molar-refractivity contribution in [1.29, 1.82) is 0 Å². The second-order valence-electron chi connectivity index (χ2n) is 13.4. The molecule has 0 amide bonds. The maximum absolute atomic E-state index is 2.39. The summed E-state index contributed by atoms with van der Waals surface area (Å²) in [5.41, 5.74) is 9.00. The number of anilines is 6. The molecule has 10 aromatic rings. The molecule has 0 aliphatic carbocycles. The van der Waals surface area contributed by atoms with Crippen molar-refractivity contribution in [3.05, 3.63) is 206 Å². The zero-order chi connectivity index (χ0) is 35.1. The molecule has 0 aliphatic rings. The van der Waals surface area contributed by atoms with Gasteiger partial charge in [-0.25, -0.2) is 0 Å². The minimum atomic E-state index is 1.08. The lowest BCUT2D eigenvalue weighted by Gasteiger charge is -2.29. The highest BCUT2D eigenvalue weighted by Gasteiger charge is 2.18. The first kappa shape index (κ1) is 31.1. The number of hydrogen-bond acceptors (Lipinski definition) is 3. The van der Waals surface area contributed by atoms with Gasteiger partial charge in [0.1, 0.15) is 0 Å². The minimum Gasteiger partial charge on any atom is -0.310 e. The van der Waals surface area contributed by atoms with Gasteiger partial charge in [-0.2, -0.15) is 0 Å². The van der Waals surface area contributed by atoms with E-state index in [1.165, 1.54) is 52.8 Å². The zero-order valence-electron chi connectivity index (χ0n) is 28.9.